The third-order valence-electron chi connectivity index (χ3n) is 1.29. The quantitative estimate of drug-likeness (QED) is 0.389. The van der Waals surface area contributed by atoms with Gasteiger partial charge in [-0.25, -0.2) is 0 Å². The molecule has 0 saturated carbocycles. The molecule has 0 aromatic carbocycles. The van der Waals surface area contributed by atoms with Gasteiger partial charge in [0.15, 0.2) is 0 Å². The summed E-state index contributed by atoms with van der Waals surface area (Å²) in [7, 11) is 0. The van der Waals surface area contributed by atoms with Gasteiger partial charge in [0.1, 0.15) is 0 Å². The molecule has 3 heteroatoms. The van der Waals surface area contributed by atoms with E-state index in [-0.39, 0.29) is 25.8 Å². The fourth-order valence-corrected chi connectivity index (χ4v) is 0.752. The monoisotopic (exact) mass is 216 g/mol. The first-order valence-corrected chi connectivity index (χ1v) is 3.96. The topological polar surface area (TPSA) is 26.3 Å². The Hall–Kier alpha value is 0.106. The zero-order valence-electron chi connectivity index (χ0n) is 6.85. The number of unbranched alkanes of at least 4 members (excludes halogenated alkanes) is 2. The summed E-state index contributed by atoms with van der Waals surface area (Å²) in [4.78, 5) is 10.7. The van der Waals surface area contributed by atoms with Gasteiger partial charge in [-0.1, -0.05) is 19.8 Å². The summed E-state index contributed by atoms with van der Waals surface area (Å²) in [6, 6.07) is 0. The van der Waals surface area contributed by atoms with Gasteiger partial charge in [0, 0.05) is 6.42 Å². The van der Waals surface area contributed by atoms with Gasteiger partial charge < -0.3 is 4.74 Å². The van der Waals surface area contributed by atoms with Gasteiger partial charge in [-0.3, -0.25) is 4.79 Å². The summed E-state index contributed by atoms with van der Waals surface area (Å²) in [5.41, 5.74) is 0. The summed E-state index contributed by atoms with van der Waals surface area (Å²) >= 11 is 0. The third-order valence-corrected chi connectivity index (χ3v) is 1.29. The van der Waals surface area contributed by atoms with Crippen molar-refractivity contribution in [1.29, 1.82) is 0 Å². The molecule has 0 saturated heterocycles. The van der Waals surface area contributed by atoms with Crippen molar-refractivity contribution in [1.82, 2.24) is 0 Å². The average molecular weight is 217 g/mol. The first-order chi connectivity index (χ1) is 4.81. The molecule has 2 nitrogen and oxygen atoms in total. The molecule has 0 aliphatic carbocycles. The summed E-state index contributed by atoms with van der Waals surface area (Å²) in [5, 5.41) is 0. The van der Waals surface area contributed by atoms with Crippen molar-refractivity contribution in [3.05, 3.63) is 0 Å². The molecular formula is C8H19GaO2. The molecule has 0 aromatic heterocycles. The predicted molar refractivity (Wildman–Crippen MR) is 50.7 cm³/mol. The minimum absolute atomic E-state index is 0. The number of rotatable bonds is 5. The molecule has 0 bridgehead atoms. The van der Waals surface area contributed by atoms with Crippen molar-refractivity contribution in [2.45, 2.75) is 39.5 Å². The van der Waals surface area contributed by atoms with Gasteiger partial charge in [-0.15, -0.1) is 0 Å². The van der Waals surface area contributed by atoms with Crippen molar-refractivity contribution in [2.75, 3.05) is 6.61 Å². The molecule has 0 amide bonds. The maximum atomic E-state index is 10.7. The van der Waals surface area contributed by atoms with Crippen LogP contribution in [0.15, 0.2) is 0 Å². The van der Waals surface area contributed by atoms with E-state index in [0.29, 0.717) is 13.0 Å². The van der Waals surface area contributed by atoms with E-state index in [1.165, 1.54) is 0 Å². The van der Waals surface area contributed by atoms with Crippen molar-refractivity contribution >= 4 is 25.8 Å². The van der Waals surface area contributed by atoms with E-state index in [1.807, 2.05) is 6.92 Å². The van der Waals surface area contributed by atoms with E-state index in [4.69, 9.17) is 4.74 Å². The summed E-state index contributed by atoms with van der Waals surface area (Å²) < 4.78 is 4.75. The van der Waals surface area contributed by atoms with Gasteiger partial charge >= 0.3 is 25.8 Å². The third kappa shape index (κ3) is 10.1. The van der Waals surface area contributed by atoms with Crippen LogP contribution in [0.5, 0.6) is 0 Å². The van der Waals surface area contributed by atoms with Crippen LogP contribution < -0.4 is 0 Å². The SMILES string of the molecule is CCCCCC(=O)OCC.[GaH3]. The molecule has 0 heterocycles. The van der Waals surface area contributed by atoms with Gasteiger partial charge in [0.25, 0.3) is 0 Å². The molecule has 11 heavy (non-hydrogen) atoms. The average Bonchev–Trinajstić information content (AvgIpc) is 1.89. The summed E-state index contributed by atoms with van der Waals surface area (Å²) in [6.07, 6.45) is 3.83. The molecule has 0 atom stereocenters. The second kappa shape index (κ2) is 10.1. The van der Waals surface area contributed by atoms with Crippen LogP contribution in [0.4, 0.5) is 0 Å². The molecule has 0 rings (SSSR count). The van der Waals surface area contributed by atoms with Gasteiger partial charge in [-0.05, 0) is 13.3 Å². The van der Waals surface area contributed by atoms with Crippen molar-refractivity contribution in [3.8, 4) is 0 Å². The molecule has 0 spiro atoms. The van der Waals surface area contributed by atoms with Gasteiger partial charge in [0.2, 0.25) is 0 Å². The van der Waals surface area contributed by atoms with Crippen LogP contribution in [-0.2, 0) is 9.53 Å². The zero-order chi connectivity index (χ0) is 7.82. The Bertz CT molecular complexity index is 94.1. The number of esters is 1. The molecule has 0 aliphatic heterocycles. The Balaban J connectivity index is 0. The number of hydrogen-bond donors (Lipinski definition) is 0. The Morgan fingerprint density at radius 1 is 1.27 bits per heavy atom. The van der Waals surface area contributed by atoms with Crippen molar-refractivity contribution < 1.29 is 9.53 Å². The van der Waals surface area contributed by atoms with Crippen LogP contribution in [0.1, 0.15) is 39.5 Å². The first kappa shape index (κ1) is 13.7. The summed E-state index contributed by atoms with van der Waals surface area (Å²) in [6.45, 7) is 4.45. The molecule has 0 N–H and O–H groups in total. The fourth-order valence-electron chi connectivity index (χ4n) is 0.752. The van der Waals surface area contributed by atoms with Crippen LogP contribution >= 0.6 is 0 Å². The molecule has 0 aliphatic rings. The molecule has 0 aromatic rings. The number of hydrogen-bond acceptors (Lipinski definition) is 2. The second-order valence-electron chi connectivity index (χ2n) is 2.26. The van der Waals surface area contributed by atoms with Crippen LogP contribution in [0.25, 0.3) is 0 Å². The van der Waals surface area contributed by atoms with E-state index < -0.39 is 0 Å². The zero-order valence-corrected chi connectivity index (χ0v) is 6.85. The minimum atomic E-state index is -0.0593. The van der Waals surface area contributed by atoms with E-state index in [9.17, 15) is 4.79 Å². The van der Waals surface area contributed by atoms with Crippen molar-refractivity contribution in [2.24, 2.45) is 0 Å². The Labute approximate surface area is 81.7 Å². The van der Waals surface area contributed by atoms with E-state index in [2.05, 4.69) is 6.92 Å². The molecule has 0 unspecified atom stereocenters. The molecule has 0 radical (unpaired) electrons. The molecule has 0 fully saturated rings. The van der Waals surface area contributed by atoms with Crippen molar-refractivity contribution in [3.63, 3.8) is 0 Å². The van der Waals surface area contributed by atoms with Gasteiger partial charge in [-0.2, -0.15) is 0 Å². The van der Waals surface area contributed by atoms with Gasteiger partial charge in [0.05, 0.1) is 6.61 Å². The van der Waals surface area contributed by atoms with Crippen LogP contribution in [-0.4, -0.2) is 32.4 Å². The standard InChI is InChI=1S/C8H16O2.Ga.3H/c1-3-5-6-7-8(9)10-4-2;;;;/h3-7H2,1-2H3;;;;. The first-order valence-electron chi connectivity index (χ1n) is 3.96. The fraction of sp³-hybridized carbons (Fsp3) is 0.875. The second-order valence-corrected chi connectivity index (χ2v) is 2.26. The van der Waals surface area contributed by atoms with Crippen LogP contribution in [0, 0.1) is 0 Å². The Morgan fingerprint density at radius 2 is 1.91 bits per heavy atom. The number of carbonyl (C=O) groups is 1. The Kier molecular flexibility index (Phi) is 12.6. The summed E-state index contributed by atoms with van der Waals surface area (Å²) in [5.74, 6) is -0.0593. The number of ether oxygens (including phenoxy) is 1. The van der Waals surface area contributed by atoms with Crippen LogP contribution in [0.2, 0.25) is 0 Å². The molecule has 66 valence electrons. The molecular weight excluding hydrogens is 198 g/mol. The van der Waals surface area contributed by atoms with Crippen LogP contribution in [0.3, 0.4) is 0 Å². The number of carbonyl (C=O) groups excluding carboxylic acids is 1. The van der Waals surface area contributed by atoms with E-state index in [0.717, 1.165) is 19.3 Å². The maximum absolute atomic E-state index is 10.7. The van der Waals surface area contributed by atoms with E-state index in [1.54, 1.807) is 0 Å². The Morgan fingerprint density at radius 3 is 2.36 bits per heavy atom. The van der Waals surface area contributed by atoms with E-state index >= 15 is 0 Å². The normalized spacial score (nSPS) is 8.55. The predicted octanol–water partition coefficient (Wildman–Crippen LogP) is 0.946.